The zero-order chi connectivity index (χ0) is 16.8. The number of nitrogens with zero attached hydrogens (tertiary/aromatic N) is 5. The standard InChI is InChI=1S/C18H16N6O/c25-18-12-4-1-2-5-13(12)20-17(21-18)14-6-3-10-23(14)16-8-7-15-19-9-11-24(15)22-16/h1-2,4-5,7-9,11,14H,3,6,10H2,(H,20,21,25). The lowest BCUT2D eigenvalue weighted by Crippen LogP contribution is -2.27. The molecule has 25 heavy (non-hydrogen) atoms. The monoisotopic (exact) mass is 332 g/mol. The Bertz CT molecular complexity index is 1130. The summed E-state index contributed by atoms with van der Waals surface area (Å²) in [6.07, 6.45) is 5.53. The Hall–Kier alpha value is -3.22. The van der Waals surface area contributed by atoms with Crippen molar-refractivity contribution in [3.05, 3.63) is 65.0 Å². The SMILES string of the molecule is O=c1[nH]c(C2CCCN2c2ccc3nccn3n2)nc2ccccc12. The molecular weight excluding hydrogens is 316 g/mol. The van der Waals surface area contributed by atoms with Gasteiger partial charge in [-0.3, -0.25) is 4.79 Å². The van der Waals surface area contributed by atoms with Crippen molar-refractivity contribution in [2.75, 3.05) is 11.4 Å². The first-order valence-corrected chi connectivity index (χ1v) is 8.35. The average molecular weight is 332 g/mol. The summed E-state index contributed by atoms with van der Waals surface area (Å²) >= 11 is 0. The Morgan fingerprint density at radius 2 is 2.08 bits per heavy atom. The first kappa shape index (κ1) is 14.2. The van der Waals surface area contributed by atoms with Crippen LogP contribution in [0.5, 0.6) is 0 Å². The van der Waals surface area contributed by atoms with Crippen molar-refractivity contribution >= 4 is 22.4 Å². The van der Waals surface area contributed by atoms with Crippen molar-refractivity contribution in [3.8, 4) is 0 Å². The summed E-state index contributed by atoms with van der Waals surface area (Å²) in [4.78, 5) is 26.5. The maximum Gasteiger partial charge on any atom is 0.258 e. The fourth-order valence-electron chi connectivity index (χ4n) is 3.55. The normalized spacial score (nSPS) is 17.6. The molecule has 0 aliphatic carbocycles. The van der Waals surface area contributed by atoms with E-state index in [4.69, 9.17) is 4.98 Å². The van der Waals surface area contributed by atoms with Crippen LogP contribution in [0.3, 0.4) is 0 Å². The molecule has 1 aliphatic heterocycles. The molecule has 7 heteroatoms. The highest BCUT2D eigenvalue weighted by atomic mass is 16.1. The molecule has 1 fully saturated rings. The highest BCUT2D eigenvalue weighted by Gasteiger charge is 2.29. The van der Waals surface area contributed by atoms with Gasteiger partial charge in [0.05, 0.1) is 16.9 Å². The van der Waals surface area contributed by atoms with Crippen molar-refractivity contribution in [3.63, 3.8) is 0 Å². The van der Waals surface area contributed by atoms with Crippen LogP contribution in [0.4, 0.5) is 5.82 Å². The van der Waals surface area contributed by atoms with Gasteiger partial charge in [0.25, 0.3) is 5.56 Å². The molecule has 1 unspecified atom stereocenters. The molecule has 1 atom stereocenters. The van der Waals surface area contributed by atoms with Gasteiger partial charge in [-0.05, 0) is 37.1 Å². The highest BCUT2D eigenvalue weighted by Crippen LogP contribution is 2.33. The maximum atomic E-state index is 12.4. The molecule has 1 aromatic carbocycles. The fraction of sp³-hybridized carbons (Fsp3) is 0.222. The van der Waals surface area contributed by atoms with Gasteiger partial charge in [0, 0.05) is 18.9 Å². The van der Waals surface area contributed by atoms with Crippen LogP contribution in [0.25, 0.3) is 16.6 Å². The Labute approximate surface area is 143 Å². The van der Waals surface area contributed by atoms with Gasteiger partial charge < -0.3 is 9.88 Å². The minimum Gasteiger partial charge on any atom is -0.345 e. The molecule has 7 nitrogen and oxygen atoms in total. The molecule has 1 aliphatic rings. The molecule has 124 valence electrons. The van der Waals surface area contributed by atoms with E-state index in [0.29, 0.717) is 11.2 Å². The summed E-state index contributed by atoms with van der Waals surface area (Å²) in [6.45, 7) is 0.883. The number of rotatable bonds is 2. The van der Waals surface area contributed by atoms with Crippen molar-refractivity contribution in [2.24, 2.45) is 0 Å². The van der Waals surface area contributed by atoms with Crippen molar-refractivity contribution < 1.29 is 0 Å². The average Bonchev–Trinajstić information content (AvgIpc) is 3.30. The van der Waals surface area contributed by atoms with Crippen LogP contribution in [-0.4, -0.2) is 31.1 Å². The summed E-state index contributed by atoms with van der Waals surface area (Å²) in [5, 5.41) is 5.26. The van der Waals surface area contributed by atoms with Gasteiger partial charge in [-0.1, -0.05) is 12.1 Å². The van der Waals surface area contributed by atoms with E-state index in [-0.39, 0.29) is 11.6 Å². The van der Waals surface area contributed by atoms with Crippen LogP contribution in [0.2, 0.25) is 0 Å². The zero-order valence-electron chi connectivity index (χ0n) is 13.5. The van der Waals surface area contributed by atoms with Crippen molar-refractivity contribution in [2.45, 2.75) is 18.9 Å². The molecule has 3 aromatic heterocycles. The minimum absolute atomic E-state index is 0.0192. The lowest BCUT2D eigenvalue weighted by molar-refractivity contribution is 0.656. The number of H-pyrrole nitrogens is 1. The third-order valence-corrected chi connectivity index (χ3v) is 4.73. The number of anilines is 1. The smallest absolute Gasteiger partial charge is 0.258 e. The lowest BCUT2D eigenvalue weighted by Gasteiger charge is -2.24. The molecular formula is C18H16N6O. The maximum absolute atomic E-state index is 12.4. The molecule has 4 heterocycles. The van der Waals surface area contributed by atoms with Crippen molar-refractivity contribution in [1.29, 1.82) is 0 Å². The van der Waals surface area contributed by atoms with Crippen molar-refractivity contribution in [1.82, 2.24) is 24.6 Å². The van der Waals surface area contributed by atoms with Gasteiger partial charge in [0.1, 0.15) is 11.6 Å². The minimum atomic E-state index is -0.0922. The topological polar surface area (TPSA) is 79.2 Å². The number of fused-ring (bicyclic) bond motifs is 2. The van der Waals surface area contributed by atoms with E-state index in [9.17, 15) is 4.79 Å². The predicted molar refractivity (Wildman–Crippen MR) is 94.7 cm³/mol. The van der Waals surface area contributed by atoms with E-state index in [0.717, 1.165) is 36.4 Å². The molecule has 0 spiro atoms. The number of benzene rings is 1. The van der Waals surface area contributed by atoms with Gasteiger partial charge in [-0.2, -0.15) is 0 Å². The summed E-state index contributed by atoms with van der Waals surface area (Å²) in [5.41, 5.74) is 1.45. The first-order valence-electron chi connectivity index (χ1n) is 8.35. The predicted octanol–water partition coefficient (Wildman–Crippen LogP) is 2.31. The molecule has 0 bridgehead atoms. The summed E-state index contributed by atoms with van der Waals surface area (Å²) in [5.74, 6) is 1.57. The zero-order valence-corrected chi connectivity index (χ0v) is 13.5. The molecule has 1 N–H and O–H groups in total. The van der Waals surface area contributed by atoms with E-state index in [1.807, 2.05) is 36.5 Å². The number of nitrogens with one attached hydrogen (secondary N) is 1. The Morgan fingerprint density at radius 1 is 1.16 bits per heavy atom. The second-order valence-corrected chi connectivity index (χ2v) is 6.24. The van der Waals surface area contributed by atoms with E-state index in [1.54, 1.807) is 16.8 Å². The molecule has 1 saturated heterocycles. The van der Waals surface area contributed by atoms with Crippen LogP contribution < -0.4 is 10.5 Å². The first-order chi connectivity index (χ1) is 12.3. The van der Waals surface area contributed by atoms with E-state index >= 15 is 0 Å². The molecule has 4 aromatic rings. The molecule has 0 amide bonds. The number of imidazole rings is 1. The van der Waals surface area contributed by atoms with Crippen LogP contribution in [0, 0.1) is 0 Å². The summed E-state index contributed by atoms with van der Waals surface area (Å²) in [6, 6.07) is 11.4. The molecule has 0 radical (unpaired) electrons. The third-order valence-electron chi connectivity index (χ3n) is 4.73. The van der Waals surface area contributed by atoms with Crippen LogP contribution in [0.15, 0.2) is 53.6 Å². The van der Waals surface area contributed by atoms with Crippen LogP contribution in [0.1, 0.15) is 24.7 Å². The van der Waals surface area contributed by atoms with E-state index in [1.165, 1.54) is 0 Å². The number of aromatic amines is 1. The summed E-state index contributed by atoms with van der Waals surface area (Å²) < 4.78 is 1.77. The van der Waals surface area contributed by atoms with Gasteiger partial charge in [-0.15, -0.1) is 5.10 Å². The number of para-hydroxylation sites is 1. The van der Waals surface area contributed by atoms with Gasteiger partial charge in [0.2, 0.25) is 0 Å². The highest BCUT2D eigenvalue weighted by molar-refractivity contribution is 5.77. The number of hydrogen-bond donors (Lipinski definition) is 1. The lowest BCUT2D eigenvalue weighted by atomic mass is 10.2. The second-order valence-electron chi connectivity index (χ2n) is 6.24. The van der Waals surface area contributed by atoms with E-state index in [2.05, 4.69) is 20.0 Å². The van der Waals surface area contributed by atoms with Crippen LogP contribution >= 0.6 is 0 Å². The summed E-state index contributed by atoms with van der Waals surface area (Å²) in [7, 11) is 0. The van der Waals surface area contributed by atoms with E-state index < -0.39 is 0 Å². The Morgan fingerprint density at radius 3 is 3.04 bits per heavy atom. The van der Waals surface area contributed by atoms with Gasteiger partial charge in [-0.25, -0.2) is 14.5 Å². The quantitative estimate of drug-likeness (QED) is 0.609. The molecule has 5 rings (SSSR count). The van der Waals surface area contributed by atoms with Gasteiger partial charge >= 0.3 is 0 Å². The number of aromatic nitrogens is 5. The van der Waals surface area contributed by atoms with Crippen LogP contribution in [-0.2, 0) is 0 Å². The third kappa shape index (κ3) is 2.27. The second kappa shape index (κ2) is 5.41. The largest absolute Gasteiger partial charge is 0.345 e. The number of hydrogen-bond acceptors (Lipinski definition) is 5. The Kier molecular flexibility index (Phi) is 3.06. The Balaban J connectivity index is 1.59. The molecule has 0 saturated carbocycles. The fourth-order valence-corrected chi connectivity index (χ4v) is 3.55. The van der Waals surface area contributed by atoms with Gasteiger partial charge in [0.15, 0.2) is 5.65 Å².